The van der Waals surface area contributed by atoms with Gasteiger partial charge in [0.15, 0.2) is 0 Å². The van der Waals surface area contributed by atoms with Crippen LogP contribution in [0.25, 0.3) is 10.9 Å². The zero-order valence-corrected chi connectivity index (χ0v) is 15.7. The molecule has 0 fully saturated rings. The predicted molar refractivity (Wildman–Crippen MR) is 107 cm³/mol. The van der Waals surface area contributed by atoms with Gasteiger partial charge in [0.05, 0.1) is 17.3 Å². The summed E-state index contributed by atoms with van der Waals surface area (Å²) in [5.74, 6) is 1.15. The molecule has 1 amide bonds. The van der Waals surface area contributed by atoms with Crippen LogP contribution in [-0.4, -0.2) is 21.1 Å². The number of fused-ring (bicyclic) bond motifs is 1. The van der Waals surface area contributed by atoms with Gasteiger partial charge in [0.2, 0.25) is 5.88 Å². The van der Waals surface area contributed by atoms with Crippen molar-refractivity contribution in [2.45, 2.75) is 20.4 Å². The highest BCUT2D eigenvalue weighted by atomic mass is 16.5. The molecule has 0 atom stereocenters. The van der Waals surface area contributed by atoms with Crippen LogP contribution in [-0.2, 0) is 6.54 Å². The molecule has 0 aliphatic heterocycles. The number of carbonyl (C=O) groups is 1. The van der Waals surface area contributed by atoms with Gasteiger partial charge in [-0.2, -0.15) is 5.10 Å². The average Bonchev–Trinajstić information content (AvgIpc) is 3.19. The number of aromatic nitrogens is 3. The van der Waals surface area contributed by atoms with Crippen LogP contribution in [0.15, 0.2) is 60.9 Å². The second-order valence-electron chi connectivity index (χ2n) is 6.70. The normalized spacial score (nSPS) is 10.8. The minimum atomic E-state index is -0.162. The number of pyridine rings is 1. The standard InChI is InChI=1S/C22H20N4O2/c1-14-6-7-15(2)19(10-14)28-20-9-8-16(11-23-20)12-24-22(27)18-5-3-4-17-13-25-26-21(17)18/h3-11,13H,12H2,1-2H3,(H,24,27)(H,25,26). The van der Waals surface area contributed by atoms with Crippen molar-refractivity contribution >= 4 is 16.8 Å². The second kappa shape index (κ2) is 7.52. The molecule has 0 saturated carbocycles. The van der Waals surface area contributed by atoms with Crippen molar-refractivity contribution in [3.8, 4) is 11.6 Å². The van der Waals surface area contributed by atoms with Crippen molar-refractivity contribution in [3.05, 3.63) is 83.2 Å². The highest BCUT2D eigenvalue weighted by molar-refractivity contribution is 6.05. The van der Waals surface area contributed by atoms with Gasteiger partial charge in [-0.25, -0.2) is 4.98 Å². The molecule has 2 aromatic carbocycles. The van der Waals surface area contributed by atoms with Gasteiger partial charge in [0, 0.05) is 24.2 Å². The van der Waals surface area contributed by atoms with Crippen LogP contribution < -0.4 is 10.1 Å². The molecule has 28 heavy (non-hydrogen) atoms. The molecule has 2 heterocycles. The number of hydrogen-bond donors (Lipinski definition) is 2. The number of H-pyrrole nitrogens is 1. The van der Waals surface area contributed by atoms with E-state index in [-0.39, 0.29) is 5.91 Å². The molecule has 4 rings (SSSR count). The summed E-state index contributed by atoms with van der Waals surface area (Å²) in [6, 6.07) is 15.3. The highest BCUT2D eigenvalue weighted by Gasteiger charge is 2.11. The van der Waals surface area contributed by atoms with E-state index in [1.165, 1.54) is 0 Å². The first-order chi connectivity index (χ1) is 13.6. The van der Waals surface area contributed by atoms with Crippen LogP contribution >= 0.6 is 0 Å². The number of para-hydroxylation sites is 1. The molecule has 0 radical (unpaired) electrons. The van der Waals surface area contributed by atoms with Crippen molar-refractivity contribution in [1.82, 2.24) is 20.5 Å². The van der Waals surface area contributed by atoms with Crippen LogP contribution in [0.1, 0.15) is 27.0 Å². The molecule has 0 aliphatic carbocycles. The molecule has 2 aromatic heterocycles. The van der Waals surface area contributed by atoms with E-state index in [9.17, 15) is 4.79 Å². The van der Waals surface area contributed by atoms with Crippen molar-refractivity contribution in [3.63, 3.8) is 0 Å². The van der Waals surface area contributed by atoms with Crippen molar-refractivity contribution in [1.29, 1.82) is 0 Å². The number of benzene rings is 2. The number of aryl methyl sites for hydroxylation is 2. The number of nitrogens with zero attached hydrogens (tertiary/aromatic N) is 2. The van der Waals surface area contributed by atoms with E-state index in [1.807, 2.05) is 50.2 Å². The van der Waals surface area contributed by atoms with Crippen LogP contribution in [0.4, 0.5) is 0 Å². The number of amides is 1. The van der Waals surface area contributed by atoms with Crippen LogP contribution in [0.2, 0.25) is 0 Å². The molecule has 6 heteroatoms. The van der Waals surface area contributed by atoms with Gasteiger partial charge in [-0.15, -0.1) is 0 Å². The third-order valence-electron chi connectivity index (χ3n) is 4.53. The van der Waals surface area contributed by atoms with Gasteiger partial charge in [0.25, 0.3) is 5.91 Å². The maximum Gasteiger partial charge on any atom is 0.253 e. The maximum atomic E-state index is 12.5. The van der Waals surface area contributed by atoms with Crippen molar-refractivity contribution < 1.29 is 9.53 Å². The Kier molecular flexibility index (Phi) is 4.76. The minimum absolute atomic E-state index is 0.162. The van der Waals surface area contributed by atoms with Gasteiger partial charge in [-0.3, -0.25) is 9.89 Å². The summed E-state index contributed by atoms with van der Waals surface area (Å²) >= 11 is 0. The summed E-state index contributed by atoms with van der Waals surface area (Å²) in [4.78, 5) is 16.9. The van der Waals surface area contributed by atoms with Crippen molar-refractivity contribution in [2.75, 3.05) is 0 Å². The van der Waals surface area contributed by atoms with Crippen LogP contribution in [0, 0.1) is 13.8 Å². The molecule has 0 aliphatic rings. The van der Waals surface area contributed by atoms with E-state index in [2.05, 4.69) is 20.5 Å². The fraction of sp³-hybridized carbons (Fsp3) is 0.136. The third-order valence-corrected chi connectivity index (χ3v) is 4.53. The minimum Gasteiger partial charge on any atom is -0.439 e. The van der Waals surface area contributed by atoms with Gasteiger partial charge < -0.3 is 10.1 Å². The molecule has 0 saturated heterocycles. The number of aromatic amines is 1. The molecule has 0 unspecified atom stereocenters. The Balaban J connectivity index is 1.41. The molecule has 4 aromatic rings. The monoisotopic (exact) mass is 372 g/mol. The van der Waals surface area contributed by atoms with E-state index in [0.29, 0.717) is 18.0 Å². The van der Waals surface area contributed by atoms with E-state index >= 15 is 0 Å². The Morgan fingerprint density at radius 1 is 1.11 bits per heavy atom. The third kappa shape index (κ3) is 3.71. The van der Waals surface area contributed by atoms with Gasteiger partial charge in [-0.05, 0) is 42.7 Å². The molecule has 6 nitrogen and oxygen atoms in total. The van der Waals surface area contributed by atoms with E-state index in [0.717, 1.165) is 33.3 Å². The lowest BCUT2D eigenvalue weighted by molar-refractivity contribution is 0.0952. The van der Waals surface area contributed by atoms with Gasteiger partial charge in [-0.1, -0.05) is 30.3 Å². The van der Waals surface area contributed by atoms with Gasteiger partial charge >= 0.3 is 0 Å². The SMILES string of the molecule is Cc1ccc(C)c(Oc2ccc(CNC(=O)c3cccc4cn[nH]c34)cn2)c1. The molecule has 0 spiro atoms. The zero-order valence-electron chi connectivity index (χ0n) is 15.7. The lowest BCUT2D eigenvalue weighted by Gasteiger charge is -2.10. The predicted octanol–water partition coefficient (Wildman–Crippen LogP) is 4.30. The van der Waals surface area contributed by atoms with Gasteiger partial charge in [0.1, 0.15) is 5.75 Å². The Labute approximate surface area is 162 Å². The Bertz CT molecular complexity index is 1130. The highest BCUT2D eigenvalue weighted by Crippen LogP contribution is 2.24. The first-order valence-electron chi connectivity index (χ1n) is 9.00. The number of carbonyl (C=O) groups excluding carboxylic acids is 1. The van der Waals surface area contributed by atoms with E-state index in [4.69, 9.17) is 4.74 Å². The molecule has 0 bridgehead atoms. The summed E-state index contributed by atoms with van der Waals surface area (Å²) in [6.07, 6.45) is 3.40. The largest absolute Gasteiger partial charge is 0.439 e. The van der Waals surface area contributed by atoms with E-state index in [1.54, 1.807) is 24.5 Å². The maximum absolute atomic E-state index is 12.5. The first-order valence-corrected chi connectivity index (χ1v) is 9.00. The number of ether oxygens (including phenoxy) is 1. The summed E-state index contributed by atoms with van der Waals surface area (Å²) in [6.45, 7) is 4.40. The fourth-order valence-electron chi connectivity index (χ4n) is 2.94. The van der Waals surface area contributed by atoms with Crippen molar-refractivity contribution in [2.24, 2.45) is 0 Å². The van der Waals surface area contributed by atoms with Crippen LogP contribution in [0.3, 0.4) is 0 Å². The quantitative estimate of drug-likeness (QED) is 0.547. The second-order valence-corrected chi connectivity index (χ2v) is 6.70. The fourth-order valence-corrected chi connectivity index (χ4v) is 2.94. The molecular weight excluding hydrogens is 352 g/mol. The summed E-state index contributed by atoms with van der Waals surface area (Å²) in [5, 5.41) is 10.7. The molecule has 2 N–H and O–H groups in total. The Morgan fingerprint density at radius 3 is 2.82 bits per heavy atom. The summed E-state index contributed by atoms with van der Waals surface area (Å²) in [5.41, 5.74) is 4.37. The lowest BCUT2D eigenvalue weighted by Crippen LogP contribution is -2.23. The number of nitrogens with one attached hydrogen (secondary N) is 2. The molecular formula is C22H20N4O2. The van der Waals surface area contributed by atoms with Crippen LogP contribution in [0.5, 0.6) is 11.6 Å². The Morgan fingerprint density at radius 2 is 2.00 bits per heavy atom. The summed E-state index contributed by atoms with van der Waals surface area (Å²) in [7, 11) is 0. The Hall–Kier alpha value is -3.67. The van der Waals surface area contributed by atoms with E-state index < -0.39 is 0 Å². The number of hydrogen-bond acceptors (Lipinski definition) is 4. The lowest BCUT2D eigenvalue weighted by atomic mass is 10.1. The first kappa shape index (κ1) is 17.7. The zero-order chi connectivity index (χ0) is 19.5. The summed E-state index contributed by atoms with van der Waals surface area (Å²) < 4.78 is 5.87. The number of rotatable bonds is 5. The average molecular weight is 372 g/mol. The molecule has 140 valence electrons. The smallest absolute Gasteiger partial charge is 0.253 e. The topological polar surface area (TPSA) is 79.9 Å².